The average Bonchev–Trinajstić information content (AvgIpc) is 2.36. The third kappa shape index (κ3) is 3.99. The normalized spacial score (nSPS) is 12.4. The molecule has 1 aromatic rings. The standard InChI is InChI=1S/C12H18N2O5S/c1-9-6-10(14(16)17)4-5-11(9)20(18,19)13-7-12(2,3)8-15/h4-6,13,15H,7-8H2,1-3H3. The van der Waals surface area contributed by atoms with Crippen LogP contribution in [0.5, 0.6) is 0 Å². The Hall–Kier alpha value is -1.51. The molecule has 112 valence electrons. The lowest BCUT2D eigenvalue weighted by atomic mass is 9.96. The number of hydrogen-bond donors (Lipinski definition) is 2. The van der Waals surface area contributed by atoms with E-state index in [1.54, 1.807) is 13.8 Å². The van der Waals surface area contributed by atoms with Gasteiger partial charge < -0.3 is 5.11 Å². The molecule has 0 heterocycles. The predicted octanol–water partition coefficient (Wildman–Crippen LogP) is 1.20. The van der Waals surface area contributed by atoms with Gasteiger partial charge in [0.05, 0.1) is 9.82 Å². The average molecular weight is 302 g/mol. The fourth-order valence-electron chi connectivity index (χ4n) is 1.47. The first-order valence-corrected chi connectivity index (χ1v) is 7.43. The van der Waals surface area contributed by atoms with E-state index in [-0.39, 0.29) is 23.7 Å². The molecule has 0 spiro atoms. The Morgan fingerprint density at radius 1 is 1.40 bits per heavy atom. The summed E-state index contributed by atoms with van der Waals surface area (Å²) in [5, 5.41) is 19.7. The van der Waals surface area contributed by atoms with Crippen LogP contribution in [0.4, 0.5) is 5.69 Å². The molecule has 0 saturated carbocycles. The number of nitrogens with one attached hydrogen (secondary N) is 1. The lowest BCUT2D eigenvalue weighted by Gasteiger charge is -2.22. The van der Waals surface area contributed by atoms with Crippen LogP contribution < -0.4 is 4.72 Å². The second-order valence-electron chi connectivity index (χ2n) is 5.35. The molecule has 1 aromatic carbocycles. The van der Waals surface area contributed by atoms with Gasteiger partial charge in [0, 0.05) is 30.7 Å². The Bertz CT molecular complexity index is 610. The number of nitro benzene ring substituents is 1. The zero-order chi connectivity index (χ0) is 15.6. The predicted molar refractivity (Wildman–Crippen MR) is 73.9 cm³/mol. The van der Waals surface area contributed by atoms with E-state index in [0.717, 1.165) is 6.07 Å². The van der Waals surface area contributed by atoms with Crippen molar-refractivity contribution in [3.63, 3.8) is 0 Å². The second kappa shape index (κ2) is 5.86. The Labute approximate surface area is 117 Å². The Kier molecular flexibility index (Phi) is 4.85. The molecule has 0 bridgehead atoms. The number of non-ortho nitro benzene ring substituents is 1. The minimum Gasteiger partial charge on any atom is -0.396 e. The van der Waals surface area contributed by atoms with Crippen molar-refractivity contribution >= 4 is 15.7 Å². The van der Waals surface area contributed by atoms with E-state index in [0.29, 0.717) is 5.56 Å². The molecule has 0 unspecified atom stereocenters. The molecule has 7 nitrogen and oxygen atoms in total. The fourth-order valence-corrected chi connectivity index (χ4v) is 2.94. The molecule has 0 saturated heterocycles. The number of hydrogen-bond acceptors (Lipinski definition) is 5. The number of aryl methyl sites for hydroxylation is 1. The number of nitro groups is 1. The summed E-state index contributed by atoms with van der Waals surface area (Å²) >= 11 is 0. The van der Waals surface area contributed by atoms with E-state index < -0.39 is 20.4 Å². The van der Waals surface area contributed by atoms with Crippen molar-refractivity contribution in [2.45, 2.75) is 25.7 Å². The summed E-state index contributed by atoms with van der Waals surface area (Å²) in [4.78, 5) is 10.0. The second-order valence-corrected chi connectivity index (χ2v) is 7.09. The monoisotopic (exact) mass is 302 g/mol. The Morgan fingerprint density at radius 2 is 2.00 bits per heavy atom. The van der Waals surface area contributed by atoms with Crippen molar-refractivity contribution in [2.24, 2.45) is 5.41 Å². The van der Waals surface area contributed by atoms with Crippen LogP contribution in [0.3, 0.4) is 0 Å². The lowest BCUT2D eigenvalue weighted by molar-refractivity contribution is -0.385. The van der Waals surface area contributed by atoms with Gasteiger partial charge in [-0.2, -0.15) is 0 Å². The van der Waals surface area contributed by atoms with Gasteiger partial charge in [-0.05, 0) is 18.6 Å². The van der Waals surface area contributed by atoms with Crippen LogP contribution in [0, 0.1) is 22.5 Å². The van der Waals surface area contributed by atoms with Crippen molar-refractivity contribution < 1.29 is 18.4 Å². The summed E-state index contributed by atoms with van der Waals surface area (Å²) < 4.78 is 26.7. The van der Waals surface area contributed by atoms with Gasteiger partial charge in [-0.25, -0.2) is 13.1 Å². The number of rotatable bonds is 6. The number of aliphatic hydroxyl groups excluding tert-OH is 1. The number of nitrogens with zero attached hydrogens (tertiary/aromatic N) is 1. The maximum atomic E-state index is 12.1. The zero-order valence-electron chi connectivity index (χ0n) is 11.6. The third-order valence-electron chi connectivity index (χ3n) is 2.83. The summed E-state index contributed by atoms with van der Waals surface area (Å²) in [6, 6.07) is 3.58. The SMILES string of the molecule is Cc1cc([N+](=O)[O-])ccc1S(=O)(=O)NCC(C)(C)CO. The molecule has 0 aliphatic heterocycles. The Morgan fingerprint density at radius 3 is 2.45 bits per heavy atom. The highest BCUT2D eigenvalue weighted by Crippen LogP contribution is 2.21. The minimum absolute atomic E-state index is 0.00293. The molecule has 0 aliphatic rings. The molecule has 0 amide bonds. The molecule has 20 heavy (non-hydrogen) atoms. The molecule has 0 radical (unpaired) electrons. The number of benzene rings is 1. The van der Waals surface area contributed by atoms with Crippen LogP contribution in [0.2, 0.25) is 0 Å². The molecule has 0 atom stereocenters. The van der Waals surface area contributed by atoms with E-state index in [9.17, 15) is 18.5 Å². The van der Waals surface area contributed by atoms with E-state index in [1.165, 1.54) is 19.1 Å². The highest BCUT2D eigenvalue weighted by Gasteiger charge is 2.23. The number of aliphatic hydroxyl groups is 1. The highest BCUT2D eigenvalue weighted by atomic mass is 32.2. The molecule has 0 aromatic heterocycles. The van der Waals surface area contributed by atoms with Crippen molar-refractivity contribution in [3.05, 3.63) is 33.9 Å². The van der Waals surface area contributed by atoms with Gasteiger partial charge in [0.25, 0.3) is 5.69 Å². The molecular weight excluding hydrogens is 284 g/mol. The van der Waals surface area contributed by atoms with Gasteiger partial charge in [-0.1, -0.05) is 13.8 Å². The quantitative estimate of drug-likeness (QED) is 0.606. The Balaban J connectivity index is 3.02. The topological polar surface area (TPSA) is 110 Å². The van der Waals surface area contributed by atoms with Crippen LogP contribution in [-0.2, 0) is 10.0 Å². The summed E-state index contributed by atoms with van der Waals surface area (Å²) in [6.45, 7) is 4.85. The molecule has 8 heteroatoms. The van der Waals surface area contributed by atoms with Crippen LogP contribution >= 0.6 is 0 Å². The summed E-state index contributed by atoms with van der Waals surface area (Å²) in [7, 11) is -3.76. The van der Waals surface area contributed by atoms with Crippen molar-refractivity contribution in [1.29, 1.82) is 0 Å². The van der Waals surface area contributed by atoms with E-state index in [1.807, 2.05) is 0 Å². The summed E-state index contributed by atoms with van der Waals surface area (Å²) in [5.41, 5.74) is -0.437. The maximum Gasteiger partial charge on any atom is 0.269 e. The summed E-state index contributed by atoms with van der Waals surface area (Å²) in [6.07, 6.45) is 0. The minimum atomic E-state index is -3.76. The van der Waals surface area contributed by atoms with Crippen LogP contribution in [0.1, 0.15) is 19.4 Å². The van der Waals surface area contributed by atoms with Crippen LogP contribution in [0.25, 0.3) is 0 Å². The van der Waals surface area contributed by atoms with Gasteiger partial charge in [0.1, 0.15) is 0 Å². The van der Waals surface area contributed by atoms with E-state index in [4.69, 9.17) is 5.11 Å². The van der Waals surface area contributed by atoms with Gasteiger partial charge in [0.2, 0.25) is 10.0 Å². The van der Waals surface area contributed by atoms with Crippen molar-refractivity contribution in [2.75, 3.05) is 13.2 Å². The van der Waals surface area contributed by atoms with Gasteiger partial charge in [-0.3, -0.25) is 10.1 Å². The van der Waals surface area contributed by atoms with Gasteiger partial charge >= 0.3 is 0 Å². The van der Waals surface area contributed by atoms with Gasteiger partial charge in [0.15, 0.2) is 0 Å². The molecule has 0 aliphatic carbocycles. The fraction of sp³-hybridized carbons (Fsp3) is 0.500. The highest BCUT2D eigenvalue weighted by molar-refractivity contribution is 7.89. The first-order chi connectivity index (χ1) is 9.09. The third-order valence-corrected chi connectivity index (χ3v) is 4.39. The zero-order valence-corrected chi connectivity index (χ0v) is 12.4. The van der Waals surface area contributed by atoms with E-state index in [2.05, 4.69) is 4.72 Å². The van der Waals surface area contributed by atoms with Crippen molar-refractivity contribution in [1.82, 2.24) is 4.72 Å². The molecule has 2 N–H and O–H groups in total. The molecular formula is C12H18N2O5S. The summed E-state index contributed by atoms with van der Waals surface area (Å²) in [5.74, 6) is 0. The largest absolute Gasteiger partial charge is 0.396 e. The first kappa shape index (κ1) is 16.5. The van der Waals surface area contributed by atoms with Crippen LogP contribution in [-0.4, -0.2) is 31.6 Å². The van der Waals surface area contributed by atoms with E-state index >= 15 is 0 Å². The first-order valence-electron chi connectivity index (χ1n) is 5.95. The van der Waals surface area contributed by atoms with Crippen molar-refractivity contribution in [3.8, 4) is 0 Å². The number of sulfonamides is 1. The molecule has 1 rings (SSSR count). The lowest BCUT2D eigenvalue weighted by Crippen LogP contribution is -2.36. The smallest absolute Gasteiger partial charge is 0.269 e. The van der Waals surface area contributed by atoms with Gasteiger partial charge in [-0.15, -0.1) is 0 Å². The maximum absolute atomic E-state index is 12.1. The molecule has 0 fully saturated rings. The van der Waals surface area contributed by atoms with Crippen LogP contribution in [0.15, 0.2) is 23.1 Å².